The van der Waals surface area contributed by atoms with E-state index >= 15 is 0 Å². The summed E-state index contributed by atoms with van der Waals surface area (Å²) in [5.74, 6) is 0.582. The molecule has 2 amide bonds. The minimum Gasteiger partial charge on any atom is -0.393 e. The zero-order valence-corrected chi connectivity index (χ0v) is 12.1. The smallest absolute Gasteiger partial charge is 0.228 e. The molecule has 7 atom stereocenters. The molecule has 0 spiro atoms. The van der Waals surface area contributed by atoms with Crippen LogP contribution in [0.15, 0.2) is 0 Å². The third-order valence-electron chi connectivity index (χ3n) is 5.54. The maximum atomic E-state index is 12.3. The van der Waals surface area contributed by atoms with Gasteiger partial charge < -0.3 is 15.7 Å². The second-order valence-electron chi connectivity index (χ2n) is 6.88. The van der Waals surface area contributed by atoms with Crippen molar-refractivity contribution >= 4 is 11.8 Å². The maximum Gasteiger partial charge on any atom is 0.228 e. The Kier molecular flexibility index (Phi) is 3.48. The van der Waals surface area contributed by atoms with Crippen LogP contribution in [-0.4, -0.2) is 35.1 Å². The van der Waals surface area contributed by atoms with Gasteiger partial charge in [0.05, 0.1) is 24.0 Å². The fourth-order valence-corrected chi connectivity index (χ4v) is 4.27. The highest BCUT2D eigenvalue weighted by Gasteiger charge is 2.48. The molecular weight excluding hydrogens is 256 g/mol. The molecule has 5 heteroatoms. The molecule has 0 aromatic rings. The first kappa shape index (κ1) is 13.9. The number of hydrogen-bond donors (Lipinski definition) is 3. The van der Waals surface area contributed by atoms with Gasteiger partial charge in [-0.1, -0.05) is 13.3 Å². The van der Waals surface area contributed by atoms with E-state index in [9.17, 15) is 14.7 Å². The van der Waals surface area contributed by atoms with Crippen LogP contribution in [0, 0.1) is 23.7 Å². The molecule has 0 radical (unpaired) electrons. The number of β-lactam (4-membered cyclic amide) rings is 1. The lowest BCUT2D eigenvalue weighted by molar-refractivity contribution is -0.145. The summed E-state index contributed by atoms with van der Waals surface area (Å²) in [7, 11) is 0. The molecule has 112 valence electrons. The molecule has 0 aromatic carbocycles. The van der Waals surface area contributed by atoms with E-state index in [2.05, 4.69) is 10.6 Å². The zero-order valence-electron chi connectivity index (χ0n) is 12.1. The molecule has 1 saturated heterocycles. The summed E-state index contributed by atoms with van der Waals surface area (Å²) in [5.41, 5.74) is 0. The quantitative estimate of drug-likeness (QED) is 0.653. The molecule has 3 aliphatic rings. The summed E-state index contributed by atoms with van der Waals surface area (Å²) in [4.78, 5) is 23.8. The molecule has 5 nitrogen and oxygen atoms in total. The van der Waals surface area contributed by atoms with Gasteiger partial charge in [0.1, 0.15) is 0 Å². The molecule has 20 heavy (non-hydrogen) atoms. The van der Waals surface area contributed by atoms with Crippen LogP contribution in [-0.2, 0) is 9.59 Å². The van der Waals surface area contributed by atoms with E-state index in [0.717, 1.165) is 12.3 Å². The highest BCUT2D eigenvalue weighted by molar-refractivity contribution is 5.90. The Labute approximate surface area is 119 Å². The molecule has 2 saturated carbocycles. The number of amides is 2. The SMILES string of the molecule is C[C@@H](O)[C@H]1C(=O)N[C@@H]1[C@@H](C)C(=O)NC1CC2CCC1C2. The molecule has 1 heterocycles. The van der Waals surface area contributed by atoms with Gasteiger partial charge in [-0.25, -0.2) is 0 Å². The topological polar surface area (TPSA) is 78.4 Å². The molecule has 3 fully saturated rings. The Bertz CT molecular complexity index is 423. The molecule has 1 aliphatic heterocycles. The Morgan fingerprint density at radius 1 is 1.35 bits per heavy atom. The maximum absolute atomic E-state index is 12.3. The van der Waals surface area contributed by atoms with E-state index in [1.165, 1.54) is 19.3 Å². The Morgan fingerprint density at radius 2 is 2.10 bits per heavy atom. The Hall–Kier alpha value is -1.10. The predicted octanol–water partition coefficient (Wildman–Crippen LogP) is 0.423. The lowest BCUT2D eigenvalue weighted by atomic mass is 9.78. The van der Waals surface area contributed by atoms with Gasteiger partial charge in [0.15, 0.2) is 0 Å². The molecular formula is C15H24N2O3. The van der Waals surface area contributed by atoms with E-state index in [0.29, 0.717) is 12.0 Å². The highest BCUT2D eigenvalue weighted by Crippen LogP contribution is 2.44. The normalized spacial score (nSPS) is 41.8. The fourth-order valence-electron chi connectivity index (χ4n) is 4.27. The van der Waals surface area contributed by atoms with Crippen LogP contribution < -0.4 is 10.6 Å². The lowest BCUT2D eigenvalue weighted by Gasteiger charge is -2.41. The van der Waals surface area contributed by atoms with Gasteiger partial charge in [-0.2, -0.15) is 0 Å². The summed E-state index contributed by atoms with van der Waals surface area (Å²) in [6, 6.07) is 0.0885. The van der Waals surface area contributed by atoms with Gasteiger partial charge in [-0.15, -0.1) is 0 Å². The van der Waals surface area contributed by atoms with Crippen molar-refractivity contribution in [3.63, 3.8) is 0 Å². The van der Waals surface area contributed by atoms with Gasteiger partial charge in [0, 0.05) is 6.04 Å². The summed E-state index contributed by atoms with van der Waals surface area (Å²) in [6.45, 7) is 3.44. The third kappa shape index (κ3) is 2.22. The van der Waals surface area contributed by atoms with Crippen LogP contribution in [0.25, 0.3) is 0 Å². The van der Waals surface area contributed by atoms with Crippen molar-refractivity contribution in [2.24, 2.45) is 23.7 Å². The number of rotatable bonds is 4. The minimum absolute atomic E-state index is 0.0122. The minimum atomic E-state index is -0.702. The molecule has 2 bridgehead atoms. The van der Waals surface area contributed by atoms with Crippen molar-refractivity contribution in [3.8, 4) is 0 Å². The highest BCUT2D eigenvalue weighted by atomic mass is 16.3. The molecule has 3 N–H and O–H groups in total. The number of nitrogens with one attached hydrogen (secondary N) is 2. The molecule has 3 unspecified atom stereocenters. The standard InChI is InChI=1S/C15H24N2O3/c1-7(13-12(8(2)18)15(20)17-13)14(19)16-11-6-9-3-4-10(11)5-9/h7-13,18H,3-6H2,1-2H3,(H,16,19)(H,17,20)/t7-,8-,9?,10?,11?,12-,13-/m1/s1. The average Bonchev–Trinajstić information content (AvgIpc) is 2.96. The average molecular weight is 280 g/mol. The Morgan fingerprint density at radius 3 is 2.60 bits per heavy atom. The van der Waals surface area contributed by atoms with Crippen LogP contribution in [0.2, 0.25) is 0 Å². The summed E-state index contributed by atoms with van der Waals surface area (Å²) >= 11 is 0. The van der Waals surface area contributed by atoms with Gasteiger partial charge in [-0.3, -0.25) is 9.59 Å². The number of carbonyl (C=O) groups excluding carboxylic acids is 2. The van der Waals surface area contributed by atoms with Crippen molar-refractivity contribution in [2.75, 3.05) is 0 Å². The first-order valence-corrected chi connectivity index (χ1v) is 7.76. The number of aliphatic hydroxyl groups is 1. The van der Waals surface area contributed by atoms with Gasteiger partial charge in [0.2, 0.25) is 11.8 Å². The van der Waals surface area contributed by atoms with Crippen LogP contribution in [0.5, 0.6) is 0 Å². The van der Waals surface area contributed by atoms with Crippen molar-refractivity contribution in [2.45, 2.75) is 57.7 Å². The second-order valence-corrected chi connectivity index (χ2v) is 6.88. The van der Waals surface area contributed by atoms with Crippen LogP contribution in [0.3, 0.4) is 0 Å². The van der Waals surface area contributed by atoms with Crippen molar-refractivity contribution in [1.82, 2.24) is 10.6 Å². The first-order valence-electron chi connectivity index (χ1n) is 7.76. The summed E-state index contributed by atoms with van der Waals surface area (Å²) in [5, 5.41) is 15.5. The number of hydrogen-bond acceptors (Lipinski definition) is 3. The van der Waals surface area contributed by atoms with Gasteiger partial charge >= 0.3 is 0 Å². The van der Waals surface area contributed by atoms with Crippen LogP contribution in [0.4, 0.5) is 0 Å². The number of carbonyl (C=O) groups is 2. The van der Waals surface area contributed by atoms with E-state index < -0.39 is 12.0 Å². The molecule has 2 aliphatic carbocycles. The Balaban J connectivity index is 1.56. The largest absolute Gasteiger partial charge is 0.393 e. The van der Waals surface area contributed by atoms with Gasteiger partial charge in [0.25, 0.3) is 0 Å². The van der Waals surface area contributed by atoms with E-state index in [-0.39, 0.29) is 23.8 Å². The third-order valence-corrected chi connectivity index (χ3v) is 5.54. The zero-order chi connectivity index (χ0) is 14.4. The second kappa shape index (κ2) is 5.02. The van der Waals surface area contributed by atoms with Crippen molar-refractivity contribution < 1.29 is 14.7 Å². The van der Waals surface area contributed by atoms with E-state index in [1.54, 1.807) is 6.92 Å². The lowest BCUT2D eigenvalue weighted by Crippen LogP contribution is -2.66. The van der Waals surface area contributed by atoms with Crippen molar-refractivity contribution in [1.29, 1.82) is 0 Å². The monoisotopic (exact) mass is 280 g/mol. The summed E-state index contributed by atoms with van der Waals surface area (Å²) in [6.07, 6.45) is 4.22. The fraction of sp³-hybridized carbons (Fsp3) is 0.867. The first-order chi connectivity index (χ1) is 9.47. The molecule has 3 rings (SSSR count). The van der Waals surface area contributed by atoms with Crippen LogP contribution >= 0.6 is 0 Å². The van der Waals surface area contributed by atoms with Crippen molar-refractivity contribution in [3.05, 3.63) is 0 Å². The number of aliphatic hydroxyl groups excluding tert-OH is 1. The van der Waals surface area contributed by atoms with E-state index in [1.807, 2.05) is 6.92 Å². The van der Waals surface area contributed by atoms with Gasteiger partial charge in [-0.05, 0) is 38.0 Å². The van der Waals surface area contributed by atoms with Crippen LogP contribution in [0.1, 0.15) is 39.5 Å². The van der Waals surface area contributed by atoms with E-state index in [4.69, 9.17) is 0 Å². The predicted molar refractivity (Wildman–Crippen MR) is 73.6 cm³/mol. The summed E-state index contributed by atoms with van der Waals surface area (Å²) < 4.78 is 0. The number of fused-ring (bicyclic) bond motifs is 2. The molecule has 0 aromatic heterocycles.